The van der Waals surface area contributed by atoms with Crippen molar-refractivity contribution in [2.24, 2.45) is 5.73 Å². The zero-order valence-corrected chi connectivity index (χ0v) is 10.2. The Hall–Kier alpha value is -2.20. The standard InChI is InChI=1S/C13H12ClN3O/c14-8-1-6-11(13(16)18)12(7-8)17-10-4-2-9(15)3-5-10/h1-7,17H,15H2,(H2,16,18). The number of nitrogen functional groups attached to an aromatic ring is 1. The fraction of sp³-hybridized carbons (Fsp3) is 0. The van der Waals surface area contributed by atoms with Gasteiger partial charge < -0.3 is 16.8 Å². The first kappa shape index (κ1) is 12.3. The van der Waals surface area contributed by atoms with Gasteiger partial charge in [-0.3, -0.25) is 4.79 Å². The average Bonchev–Trinajstić information content (AvgIpc) is 2.32. The number of primary amides is 1. The molecule has 0 aliphatic rings. The summed E-state index contributed by atoms with van der Waals surface area (Å²) in [6.45, 7) is 0. The van der Waals surface area contributed by atoms with Crippen molar-refractivity contribution < 1.29 is 4.79 Å². The Balaban J connectivity index is 2.35. The number of halogens is 1. The van der Waals surface area contributed by atoms with Crippen LogP contribution in [0.4, 0.5) is 17.1 Å². The number of anilines is 3. The van der Waals surface area contributed by atoms with E-state index in [9.17, 15) is 4.79 Å². The van der Waals surface area contributed by atoms with E-state index in [1.165, 1.54) is 0 Å². The third-order valence-electron chi connectivity index (χ3n) is 2.44. The molecule has 4 nitrogen and oxygen atoms in total. The zero-order chi connectivity index (χ0) is 13.1. The highest BCUT2D eigenvalue weighted by Gasteiger charge is 2.08. The number of benzene rings is 2. The predicted octanol–water partition coefficient (Wildman–Crippen LogP) is 2.76. The number of amides is 1. The monoisotopic (exact) mass is 261 g/mol. The van der Waals surface area contributed by atoms with Crippen LogP contribution in [0.5, 0.6) is 0 Å². The van der Waals surface area contributed by atoms with Crippen molar-refractivity contribution in [2.45, 2.75) is 0 Å². The summed E-state index contributed by atoms with van der Waals surface area (Å²) in [5.74, 6) is -0.510. The van der Waals surface area contributed by atoms with E-state index in [-0.39, 0.29) is 0 Å². The van der Waals surface area contributed by atoms with E-state index >= 15 is 0 Å². The molecular formula is C13H12ClN3O. The summed E-state index contributed by atoms with van der Waals surface area (Å²) in [6, 6.07) is 12.0. The molecule has 1 amide bonds. The molecule has 0 saturated carbocycles. The molecule has 0 aromatic heterocycles. The first-order chi connectivity index (χ1) is 8.56. The molecule has 0 aliphatic heterocycles. The second-order valence-corrected chi connectivity index (χ2v) is 4.24. The Bertz CT molecular complexity index is 581. The topological polar surface area (TPSA) is 81.1 Å². The van der Waals surface area contributed by atoms with E-state index in [0.29, 0.717) is 22.0 Å². The molecule has 2 rings (SSSR count). The van der Waals surface area contributed by atoms with Crippen LogP contribution in [-0.4, -0.2) is 5.91 Å². The lowest BCUT2D eigenvalue weighted by atomic mass is 10.1. The maximum Gasteiger partial charge on any atom is 0.250 e. The molecule has 0 heterocycles. The van der Waals surface area contributed by atoms with Crippen molar-refractivity contribution in [3.63, 3.8) is 0 Å². The van der Waals surface area contributed by atoms with Gasteiger partial charge in [0.25, 0.3) is 5.91 Å². The van der Waals surface area contributed by atoms with E-state index in [1.807, 2.05) is 0 Å². The van der Waals surface area contributed by atoms with Crippen molar-refractivity contribution in [3.8, 4) is 0 Å². The highest BCUT2D eigenvalue weighted by atomic mass is 35.5. The van der Waals surface area contributed by atoms with E-state index in [0.717, 1.165) is 5.69 Å². The van der Waals surface area contributed by atoms with Gasteiger partial charge in [-0.05, 0) is 42.5 Å². The van der Waals surface area contributed by atoms with Crippen molar-refractivity contribution in [1.82, 2.24) is 0 Å². The van der Waals surface area contributed by atoms with Crippen molar-refractivity contribution in [2.75, 3.05) is 11.1 Å². The summed E-state index contributed by atoms with van der Waals surface area (Å²) in [5.41, 5.74) is 13.3. The Morgan fingerprint density at radius 3 is 2.39 bits per heavy atom. The van der Waals surface area contributed by atoms with Crippen molar-refractivity contribution >= 4 is 34.6 Å². The van der Waals surface area contributed by atoms with Gasteiger partial charge in [0.2, 0.25) is 0 Å². The summed E-state index contributed by atoms with van der Waals surface area (Å²) >= 11 is 5.90. The van der Waals surface area contributed by atoms with Crippen LogP contribution in [-0.2, 0) is 0 Å². The fourth-order valence-corrected chi connectivity index (χ4v) is 1.73. The molecule has 5 heteroatoms. The van der Waals surface area contributed by atoms with Gasteiger partial charge in [0.15, 0.2) is 0 Å². The minimum absolute atomic E-state index is 0.385. The number of carbonyl (C=O) groups is 1. The number of nitrogens with one attached hydrogen (secondary N) is 1. The summed E-state index contributed by atoms with van der Waals surface area (Å²) in [7, 11) is 0. The lowest BCUT2D eigenvalue weighted by Gasteiger charge is -2.10. The largest absolute Gasteiger partial charge is 0.399 e. The lowest BCUT2D eigenvalue weighted by Crippen LogP contribution is -2.13. The van der Waals surface area contributed by atoms with Gasteiger partial charge in [-0.15, -0.1) is 0 Å². The van der Waals surface area contributed by atoms with Crippen LogP contribution in [0, 0.1) is 0 Å². The molecule has 18 heavy (non-hydrogen) atoms. The normalized spacial score (nSPS) is 10.1. The van der Waals surface area contributed by atoms with Gasteiger partial charge in [-0.25, -0.2) is 0 Å². The minimum atomic E-state index is -0.510. The number of nitrogens with two attached hydrogens (primary N) is 2. The number of hydrogen-bond donors (Lipinski definition) is 3. The fourth-order valence-electron chi connectivity index (χ4n) is 1.56. The van der Waals surface area contributed by atoms with Gasteiger partial charge >= 0.3 is 0 Å². The molecule has 5 N–H and O–H groups in total. The van der Waals surface area contributed by atoms with Crippen LogP contribution >= 0.6 is 11.6 Å². The average molecular weight is 262 g/mol. The minimum Gasteiger partial charge on any atom is -0.399 e. The smallest absolute Gasteiger partial charge is 0.250 e. The Morgan fingerprint density at radius 1 is 1.11 bits per heavy atom. The van der Waals surface area contributed by atoms with Crippen LogP contribution < -0.4 is 16.8 Å². The maximum absolute atomic E-state index is 11.3. The van der Waals surface area contributed by atoms with Gasteiger partial charge in [0.1, 0.15) is 0 Å². The highest BCUT2D eigenvalue weighted by Crippen LogP contribution is 2.25. The Kier molecular flexibility index (Phi) is 3.39. The van der Waals surface area contributed by atoms with Crippen molar-refractivity contribution in [1.29, 1.82) is 0 Å². The molecule has 2 aromatic rings. The van der Waals surface area contributed by atoms with Crippen LogP contribution in [0.1, 0.15) is 10.4 Å². The molecule has 0 spiro atoms. The van der Waals surface area contributed by atoms with Crippen LogP contribution in [0.15, 0.2) is 42.5 Å². The maximum atomic E-state index is 11.3. The van der Waals surface area contributed by atoms with E-state index in [4.69, 9.17) is 23.1 Å². The van der Waals surface area contributed by atoms with Gasteiger partial charge in [-0.2, -0.15) is 0 Å². The van der Waals surface area contributed by atoms with Crippen LogP contribution in [0.2, 0.25) is 5.02 Å². The number of rotatable bonds is 3. The Morgan fingerprint density at radius 2 is 1.78 bits per heavy atom. The third kappa shape index (κ3) is 2.73. The van der Waals surface area contributed by atoms with E-state index in [1.54, 1.807) is 42.5 Å². The van der Waals surface area contributed by atoms with Gasteiger partial charge in [-0.1, -0.05) is 11.6 Å². The Labute approximate surface area is 110 Å². The second-order valence-electron chi connectivity index (χ2n) is 3.80. The highest BCUT2D eigenvalue weighted by molar-refractivity contribution is 6.31. The molecule has 0 aliphatic carbocycles. The molecule has 0 radical (unpaired) electrons. The first-order valence-electron chi connectivity index (χ1n) is 5.28. The molecule has 92 valence electrons. The zero-order valence-electron chi connectivity index (χ0n) is 9.48. The molecule has 0 unspecified atom stereocenters. The SMILES string of the molecule is NC(=O)c1ccc(Cl)cc1Nc1ccc(N)cc1. The summed E-state index contributed by atoms with van der Waals surface area (Å²) in [6.07, 6.45) is 0. The second kappa shape index (κ2) is 4.98. The van der Waals surface area contributed by atoms with Gasteiger partial charge in [0, 0.05) is 16.4 Å². The molecule has 2 aromatic carbocycles. The van der Waals surface area contributed by atoms with E-state index < -0.39 is 5.91 Å². The molecule has 0 saturated heterocycles. The predicted molar refractivity (Wildman–Crippen MR) is 74.1 cm³/mol. The number of hydrogen-bond acceptors (Lipinski definition) is 3. The van der Waals surface area contributed by atoms with Gasteiger partial charge in [0.05, 0.1) is 11.3 Å². The molecular weight excluding hydrogens is 250 g/mol. The summed E-state index contributed by atoms with van der Waals surface area (Å²) in [5, 5.41) is 3.61. The lowest BCUT2D eigenvalue weighted by molar-refractivity contribution is 0.100. The number of carbonyl (C=O) groups excluding carboxylic acids is 1. The quantitative estimate of drug-likeness (QED) is 0.743. The van der Waals surface area contributed by atoms with E-state index in [2.05, 4.69) is 5.32 Å². The van der Waals surface area contributed by atoms with Crippen molar-refractivity contribution in [3.05, 3.63) is 53.1 Å². The first-order valence-corrected chi connectivity index (χ1v) is 5.66. The molecule has 0 fully saturated rings. The van der Waals surface area contributed by atoms with Crippen LogP contribution in [0.3, 0.4) is 0 Å². The van der Waals surface area contributed by atoms with Crippen LogP contribution in [0.25, 0.3) is 0 Å². The molecule has 0 atom stereocenters. The molecule has 0 bridgehead atoms. The third-order valence-corrected chi connectivity index (χ3v) is 2.67. The summed E-state index contributed by atoms with van der Waals surface area (Å²) in [4.78, 5) is 11.3. The summed E-state index contributed by atoms with van der Waals surface area (Å²) < 4.78 is 0.